The van der Waals surface area contributed by atoms with Crippen molar-refractivity contribution < 1.29 is 9.21 Å². The molecule has 2 heterocycles. The van der Waals surface area contributed by atoms with Crippen LogP contribution in [0, 0.1) is 6.92 Å². The molecule has 6 heteroatoms. The highest BCUT2D eigenvalue weighted by molar-refractivity contribution is 9.10. The number of amides is 1. The summed E-state index contributed by atoms with van der Waals surface area (Å²) < 4.78 is 6.48. The van der Waals surface area contributed by atoms with Crippen molar-refractivity contribution in [2.24, 2.45) is 0 Å². The van der Waals surface area contributed by atoms with Crippen LogP contribution in [0.3, 0.4) is 0 Å². The van der Waals surface area contributed by atoms with Crippen LogP contribution in [0.4, 0.5) is 0 Å². The van der Waals surface area contributed by atoms with Gasteiger partial charge in [0.25, 0.3) is 5.91 Å². The predicted molar refractivity (Wildman–Crippen MR) is 110 cm³/mol. The second-order valence-electron chi connectivity index (χ2n) is 6.54. The van der Waals surface area contributed by atoms with Gasteiger partial charge in [0, 0.05) is 16.6 Å². The van der Waals surface area contributed by atoms with E-state index in [2.05, 4.69) is 26.2 Å². The van der Waals surface area contributed by atoms with Gasteiger partial charge in [-0.15, -0.1) is 0 Å². The first-order chi connectivity index (χ1) is 13.0. The summed E-state index contributed by atoms with van der Waals surface area (Å²) >= 11 is 3.47. The average molecular weight is 428 g/mol. The maximum Gasteiger partial charge on any atom is 0.253 e. The Morgan fingerprint density at radius 1 is 1.22 bits per heavy atom. The lowest BCUT2D eigenvalue weighted by molar-refractivity contribution is 0.0938. The summed E-state index contributed by atoms with van der Waals surface area (Å²) in [4.78, 5) is 19.3. The molecule has 140 valence electrons. The molecule has 0 aliphatic carbocycles. The summed E-state index contributed by atoms with van der Waals surface area (Å²) in [6.07, 6.45) is 1.64. The Morgan fingerprint density at radius 2 is 2.04 bits per heavy atom. The minimum atomic E-state index is -0.140. The number of halogens is 1. The number of aromatic nitrogens is 1. The summed E-state index contributed by atoms with van der Waals surface area (Å²) in [5, 5.41) is 2.99. The second-order valence-corrected chi connectivity index (χ2v) is 7.46. The molecule has 1 N–H and O–H groups in total. The van der Waals surface area contributed by atoms with E-state index in [0.29, 0.717) is 17.8 Å². The lowest BCUT2D eigenvalue weighted by Gasteiger charge is -2.22. The van der Waals surface area contributed by atoms with E-state index < -0.39 is 0 Å². The van der Waals surface area contributed by atoms with Crippen molar-refractivity contribution in [1.29, 1.82) is 0 Å². The van der Waals surface area contributed by atoms with Crippen molar-refractivity contribution in [1.82, 2.24) is 15.2 Å². The van der Waals surface area contributed by atoms with Gasteiger partial charge in [0.15, 0.2) is 0 Å². The third kappa shape index (κ3) is 4.64. The molecule has 1 unspecified atom stereocenters. The Kier molecular flexibility index (Phi) is 6.08. The monoisotopic (exact) mass is 427 g/mol. The molecule has 1 amide bonds. The fourth-order valence-electron chi connectivity index (χ4n) is 2.91. The van der Waals surface area contributed by atoms with E-state index in [9.17, 15) is 4.79 Å². The molecule has 0 saturated heterocycles. The maximum absolute atomic E-state index is 12.7. The first-order valence-corrected chi connectivity index (χ1v) is 9.46. The van der Waals surface area contributed by atoms with Gasteiger partial charge in [-0.2, -0.15) is 0 Å². The zero-order valence-electron chi connectivity index (χ0n) is 15.6. The lowest BCUT2D eigenvalue weighted by Crippen LogP contribution is -2.34. The Balaban J connectivity index is 1.73. The molecule has 3 aromatic rings. The summed E-state index contributed by atoms with van der Waals surface area (Å²) in [7, 11) is 3.91. The molecule has 0 spiro atoms. The van der Waals surface area contributed by atoms with Gasteiger partial charge in [-0.25, -0.2) is 0 Å². The number of nitrogens with one attached hydrogen (secondary N) is 1. The fraction of sp³-hybridized carbons (Fsp3) is 0.238. The lowest BCUT2D eigenvalue weighted by atomic mass is 10.1. The van der Waals surface area contributed by atoms with E-state index in [4.69, 9.17) is 4.42 Å². The number of hydrogen-bond donors (Lipinski definition) is 1. The van der Waals surface area contributed by atoms with Crippen molar-refractivity contribution in [3.8, 4) is 11.3 Å². The Morgan fingerprint density at radius 3 is 2.67 bits per heavy atom. The largest absolute Gasteiger partial charge is 0.468 e. The van der Waals surface area contributed by atoms with E-state index in [0.717, 1.165) is 21.5 Å². The zero-order chi connectivity index (χ0) is 19.4. The maximum atomic E-state index is 12.7. The van der Waals surface area contributed by atoms with Gasteiger partial charge < -0.3 is 9.73 Å². The van der Waals surface area contributed by atoms with Gasteiger partial charge in [-0.3, -0.25) is 14.7 Å². The van der Waals surface area contributed by atoms with Crippen LogP contribution < -0.4 is 5.32 Å². The highest BCUT2D eigenvalue weighted by atomic mass is 79.9. The van der Waals surface area contributed by atoms with Crippen molar-refractivity contribution >= 4 is 21.8 Å². The SMILES string of the molecule is Cc1nc(-c2cccc(Br)c2)ccc1C(=O)NCC(c1ccco1)N(C)C. The van der Waals surface area contributed by atoms with Gasteiger partial charge in [0.05, 0.1) is 29.3 Å². The molecule has 0 bridgehead atoms. The van der Waals surface area contributed by atoms with Crippen LogP contribution in [0.1, 0.15) is 27.9 Å². The second kappa shape index (κ2) is 8.50. The summed E-state index contributed by atoms with van der Waals surface area (Å²) in [5.74, 6) is 0.680. The smallest absolute Gasteiger partial charge is 0.253 e. The predicted octanol–water partition coefficient (Wildman–Crippen LogP) is 4.45. The number of hydrogen-bond acceptors (Lipinski definition) is 4. The standard InChI is InChI=1S/C21H22BrN3O2/c1-14-17(9-10-18(24-14)15-6-4-7-16(22)12-15)21(26)23-13-19(25(2)3)20-8-5-11-27-20/h4-12,19H,13H2,1-3H3,(H,23,26). The number of carbonyl (C=O) groups excluding carboxylic acids is 1. The molecule has 0 fully saturated rings. The number of nitrogens with zero attached hydrogens (tertiary/aromatic N) is 2. The number of likely N-dealkylation sites (N-methyl/N-ethyl adjacent to an activating group) is 1. The fourth-order valence-corrected chi connectivity index (χ4v) is 3.31. The molecule has 0 aliphatic heterocycles. The average Bonchev–Trinajstić information content (AvgIpc) is 3.15. The minimum absolute atomic E-state index is 0.0295. The molecular weight excluding hydrogens is 406 g/mol. The van der Waals surface area contributed by atoms with E-state index in [-0.39, 0.29) is 11.9 Å². The first kappa shape index (κ1) is 19.3. The van der Waals surface area contributed by atoms with Crippen LogP contribution in [0.25, 0.3) is 11.3 Å². The van der Waals surface area contributed by atoms with Crippen LogP contribution in [-0.4, -0.2) is 36.4 Å². The Bertz CT molecular complexity index is 923. The van der Waals surface area contributed by atoms with E-state index in [1.54, 1.807) is 6.26 Å². The molecule has 2 aromatic heterocycles. The van der Waals surface area contributed by atoms with Gasteiger partial charge in [0.2, 0.25) is 0 Å². The van der Waals surface area contributed by atoms with Crippen LogP contribution in [0.5, 0.6) is 0 Å². The molecule has 5 nitrogen and oxygen atoms in total. The van der Waals surface area contributed by atoms with E-state index in [1.807, 2.05) is 74.4 Å². The van der Waals surface area contributed by atoms with Crippen molar-refractivity contribution in [2.45, 2.75) is 13.0 Å². The van der Waals surface area contributed by atoms with Crippen LogP contribution in [-0.2, 0) is 0 Å². The summed E-state index contributed by atoms with van der Waals surface area (Å²) in [6.45, 7) is 2.30. The molecule has 0 radical (unpaired) electrons. The topological polar surface area (TPSA) is 58.4 Å². The highest BCUT2D eigenvalue weighted by Gasteiger charge is 2.19. The van der Waals surface area contributed by atoms with Crippen molar-refractivity contribution in [2.75, 3.05) is 20.6 Å². The van der Waals surface area contributed by atoms with Crippen LogP contribution in [0.15, 0.2) is 63.7 Å². The molecular formula is C21H22BrN3O2. The molecule has 27 heavy (non-hydrogen) atoms. The van der Waals surface area contributed by atoms with Crippen molar-refractivity contribution in [3.63, 3.8) is 0 Å². The van der Waals surface area contributed by atoms with Crippen LogP contribution >= 0.6 is 15.9 Å². The van der Waals surface area contributed by atoms with Gasteiger partial charge in [-0.1, -0.05) is 28.1 Å². The number of carbonyl (C=O) groups is 1. The summed E-state index contributed by atoms with van der Waals surface area (Å²) in [5.41, 5.74) is 3.12. The number of benzene rings is 1. The number of pyridine rings is 1. The van der Waals surface area contributed by atoms with E-state index in [1.165, 1.54) is 0 Å². The Hall–Kier alpha value is -2.44. The van der Waals surface area contributed by atoms with Gasteiger partial charge in [0.1, 0.15) is 5.76 Å². The number of rotatable bonds is 6. The molecule has 1 aromatic carbocycles. The highest BCUT2D eigenvalue weighted by Crippen LogP contribution is 2.23. The number of aryl methyl sites for hydroxylation is 1. The van der Waals surface area contributed by atoms with Crippen molar-refractivity contribution in [3.05, 3.63) is 76.3 Å². The normalized spacial score (nSPS) is 12.2. The van der Waals surface area contributed by atoms with E-state index >= 15 is 0 Å². The zero-order valence-corrected chi connectivity index (χ0v) is 17.2. The number of furan rings is 1. The molecule has 0 aliphatic rings. The molecule has 0 saturated carbocycles. The van der Waals surface area contributed by atoms with Gasteiger partial charge in [-0.05, 0) is 57.4 Å². The molecule has 1 atom stereocenters. The first-order valence-electron chi connectivity index (χ1n) is 8.67. The van der Waals surface area contributed by atoms with Crippen LogP contribution in [0.2, 0.25) is 0 Å². The summed E-state index contributed by atoms with van der Waals surface area (Å²) in [6, 6.07) is 15.4. The van der Waals surface area contributed by atoms with Gasteiger partial charge >= 0.3 is 0 Å². The minimum Gasteiger partial charge on any atom is -0.468 e. The Labute approximate surface area is 167 Å². The molecule has 3 rings (SSSR count). The third-order valence-corrected chi connectivity index (χ3v) is 4.89. The third-order valence-electron chi connectivity index (χ3n) is 4.40. The quantitative estimate of drug-likeness (QED) is 0.631.